The Hall–Kier alpha value is -1.78. The minimum atomic E-state index is 0.295. The first-order valence-corrected chi connectivity index (χ1v) is 5.71. The number of nitrogens with zero attached hydrogens (tertiary/aromatic N) is 5. The molecule has 1 saturated heterocycles. The minimum absolute atomic E-state index is 0.295. The molecule has 1 fully saturated rings. The molecule has 1 unspecified atom stereocenters. The summed E-state index contributed by atoms with van der Waals surface area (Å²) in [5, 5.41) is 10.9. The molecule has 0 aliphatic carbocycles. The van der Waals surface area contributed by atoms with Crippen LogP contribution in [-0.2, 0) is 0 Å². The van der Waals surface area contributed by atoms with E-state index in [1.807, 2.05) is 46.4 Å². The Kier molecular flexibility index (Phi) is 2.36. The van der Waals surface area contributed by atoms with E-state index in [0.717, 1.165) is 13.0 Å². The first kappa shape index (κ1) is 9.45. The van der Waals surface area contributed by atoms with Gasteiger partial charge < -0.3 is 0 Å². The van der Waals surface area contributed by atoms with Crippen molar-refractivity contribution in [1.29, 1.82) is 0 Å². The zero-order valence-electron chi connectivity index (χ0n) is 9.11. The van der Waals surface area contributed by atoms with Gasteiger partial charge in [0.25, 0.3) is 0 Å². The largest absolute Gasteiger partial charge is 0.273 e. The van der Waals surface area contributed by atoms with Gasteiger partial charge in [-0.05, 0) is 31.4 Å². The molecule has 0 N–H and O–H groups in total. The van der Waals surface area contributed by atoms with Crippen LogP contribution in [0.25, 0.3) is 0 Å². The van der Waals surface area contributed by atoms with E-state index >= 15 is 0 Å². The topological polar surface area (TPSA) is 38.9 Å². The molecule has 0 bridgehead atoms. The van der Waals surface area contributed by atoms with Crippen molar-refractivity contribution in [3.63, 3.8) is 0 Å². The second-order valence-electron chi connectivity index (χ2n) is 4.05. The number of hydrogen-bond donors (Lipinski definition) is 0. The van der Waals surface area contributed by atoms with Gasteiger partial charge in [0.1, 0.15) is 6.17 Å². The van der Waals surface area contributed by atoms with Crippen LogP contribution in [-0.4, -0.2) is 26.2 Å². The first-order valence-electron chi connectivity index (χ1n) is 5.71. The predicted octanol–water partition coefficient (Wildman–Crippen LogP) is 1.40. The lowest BCUT2D eigenvalue weighted by atomic mass is 10.1. The van der Waals surface area contributed by atoms with Crippen molar-refractivity contribution >= 4 is 0 Å². The summed E-state index contributed by atoms with van der Waals surface area (Å²) in [5.74, 6) is 0. The van der Waals surface area contributed by atoms with E-state index < -0.39 is 0 Å². The first-order chi connectivity index (χ1) is 7.95. The molecule has 2 aromatic rings. The van der Waals surface area contributed by atoms with Gasteiger partial charge in [0.05, 0.1) is 6.20 Å². The normalized spacial score (nSPS) is 21.2. The van der Waals surface area contributed by atoms with Crippen molar-refractivity contribution in [3.8, 4) is 0 Å². The quantitative estimate of drug-likeness (QED) is 0.763. The fourth-order valence-corrected chi connectivity index (χ4v) is 2.28. The second kappa shape index (κ2) is 4.00. The highest BCUT2D eigenvalue weighted by Crippen LogP contribution is 2.23. The van der Waals surface area contributed by atoms with Gasteiger partial charge in [-0.15, -0.1) is 0 Å². The van der Waals surface area contributed by atoms with Crippen LogP contribution in [0.15, 0.2) is 36.9 Å². The summed E-state index contributed by atoms with van der Waals surface area (Å²) < 4.78 is 2.01. The molecule has 1 aliphatic heterocycles. The third-order valence-corrected chi connectivity index (χ3v) is 3.03. The van der Waals surface area contributed by atoms with Crippen molar-refractivity contribution < 1.29 is 0 Å². The van der Waals surface area contributed by atoms with Crippen LogP contribution in [0, 0.1) is 0 Å². The molecule has 0 aromatic carbocycles. The van der Waals surface area contributed by atoms with Gasteiger partial charge in [0.15, 0.2) is 0 Å². The lowest BCUT2D eigenvalue weighted by Crippen LogP contribution is -2.44. The van der Waals surface area contributed by atoms with Gasteiger partial charge >= 0.3 is 0 Å². The monoisotopic (exact) mass is 217 g/mol. The lowest BCUT2D eigenvalue weighted by Gasteiger charge is -2.36. The summed E-state index contributed by atoms with van der Waals surface area (Å²) in [4.78, 5) is 1.92. The number of rotatable bonds is 2. The van der Waals surface area contributed by atoms with Crippen LogP contribution in [0.4, 0.5) is 0 Å². The SMILES string of the molecule is c1cnn(C2CCCCN2n2cccn2)c1. The van der Waals surface area contributed by atoms with E-state index in [9.17, 15) is 0 Å². The van der Waals surface area contributed by atoms with E-state index in [1.165, 1.54) is 12.8 Å². The van der Waals surface area contributed by atoms with Gasteiger partial charge in [0.2, 0.25) is 0 Å². The van der Waals surface area contributed by atoms with E-state index in [0.29, 0.717) is 6.17 Å². The molecule has 3 heterocycles. The Morgan fingerprint density at radius 1 is 1.00 bits per heavy atom. The summed E-state index contributed by atoms with van der Waals surface area (Å²) in [6.07, 6.45) is 11.5. The maximum absolute atomic E-state index is 4.33. The third-order valence-electron chi connectivity index (χ3n) is 3.03. The maximum Gasteiger partial charge on any atom is 0.138 e. The average Bonchev–Trinajstić information content (AvgIpc) is 3.03. The number of hydrogen-bond acceptors (Lipinski definition) is 3. The molecule has 0 spiro atoms. The maximum atomic E-state index is 4.33. The van der Waals surface area contributed by atoms with Gasteiger partial charge in [-0.2, -0.15) is 15.0 Å². The smallest absolute Gasteiger partial charge is 0.138 e. The average molecular weight is 217 g/mol. The minimum Gasteiger partial charge on any atom is -0.273 e. The van der Waals surface area contributed by atoms with Crippen molar-refractivity contribution in [3.05, 3.63) is 36.9 Å². The summed E-state index contributed by atoms with van der Waals surface area (Å²) >= 11 is 0. The highest BCUT2D eigenvalue weighted by molar-refractivity contribution is 4.96. The molecular weight excluding hydrogens is 202 g/mol. The number of aromatic nitrogens is 4. The molecular formula is C11H15N5. The molecule has 0 radical (unpaired) electrons. The highest BCUT2D eigenvalue weighted by atomic mass is 15.7. The molecule has 5 nitrogen and oxygen atoms in total. The van der Waals surface area contributed by atoms with Crippen molar-refractivity contribution in [1.82, 2.24) is 19.7 Å². The standard InChI is InChI=1S/C11H15N5/c1-2-9-15(16-10-4-7-13-16)11(5-1)14-8-3-6-12-14/h3-4,6-8,10-11H,1-2,5,9H2. The Balaban J connectivity index is 1.90. The van der Waals surface area contributed by atoms with Crippen molar-refractivity contribution in [2.45, 2.75) is 25.4 Å². The predicted molar refractivity (Wildman–Crippen MR) is 60.4 cm³/mol. The zero-order chi connectivity index (χ0) is 10.8. The van der Waals surface area contributed by atoms with Gasteiger partial charge in [0, 0.05) is 25.1 Å². The Morgan fingerprint density at radius 2 is 1.88 bits per heavy atom. The van der Waals surface area contributed by atoms with Crippen molar-refractivity contribution in [2.75, 3.05) is 11.6 Å². The van der Waals surface area contributed by atoms with E-state index in [2.05, 4.69) is 15.2 Å². The second-order valence-corrected chi connectivity index (χ2v) is 4.05. The van der Waals surface area contributed by atoms with E-state index in [1.54, 1.807) is 0 Å². The van der Waals surface area contributed by atoms with Crippen molar-refractivity contribution in [2.24, 2.45) is 0 Å². The van der Waals surface area contributed by atoms with Crippen LogP contribution in [0.5, 0.6) is 0 Å². The van der Waals surface area contributed by atoms with E-state index in [-0.39, 0.29) is 0 Å². The summed E-state index contributed by atoms with van der Waals surface area (Å²) in [5.41, 5.74) is 0. The lowest BCUT2D eigenvalue weighted by molar-refractivity contribution is 0.277. The zero-order valence-corrected chi connectivity index (χ0v) is 9.11. The molecule has 2 aromatic heterocycles. The fraction of sp³-hybridized carbons (Fsp3) is 0.455. The Morgan fingerprint density at radius 3 is 2.62 bits per heavy atom. The van der Waals surface area contributed by atoms with Crippen LogP contribution in [0.1, 0.15) is 25.4 Å². The number of piperidine rings is 1. The molecule has 84 valence electrons. The van der Waals surface area contributed by atoms with Gasteiger partial charge in [-0.25, -0.2) is 4.68 Å². The summed E-state index contributed by atoms with van der Waals surface area (Å²) in [7, 11) is 0. The molecule has 3 rings (SSSR count). The molecule has 1 atom stereocenters. The molecule has 16 heavy (non-hydrogen) atoms. The molecule has 0 saturated carbocycles. The van der Waals surface area contributed by atoms with E-state index in [4.69, 9.17) is 0 Å². The molecule has 0 amide bonds. The fourth-order valence-electron chi connectivity index (χ4n) is 2.28. The summed E-state index contributed by atoms with van der Waals surface area (Å²) in [6, 6.07) is 3.92. The van der Waals surface area contributed by atoms with Crippen LogP contribution in [0.2, 0.25) is 0 Å². The van der Waals surface area contributed by atoms with Crippen LogP contribution < -0.4 is 5.01 Å². The third kappa shape index (κ3) is 1.58. The Labute approximate surface area is 94.3 Å². The molecule has 1 aliphatic rings. The van der Waals surface area contributed by atoms with Crippen LogP contribution >= 0.6 is 0 Å². The van der Waals surface area contributed by atoms with Crippen LogP contribution in [0.3, 0.4) is 0 Å². The van der Waals surface area contributed by atoms with Gasteiger partial charge in [-0.1, -0.05) is 0 Å². The van der Waals surface area contributed by atoms with Gasteiger partial charge in [-0.3, -0.25) is 5.01 Å². The highest BCUT2D eigenvalue weighted by Gasteiger charge is 2.24. The Bertz CT molecular complexity index is 377. The summed E-state index contributed by atoms with van der Waals surface area (Å²) in [6.45, 7) is 1.03. The molecule has 5 heteroatoms.